The van der Waals surface area contributed by atoms with Crippen LogP contribution in [0.2, 0.25) is 0 Å². The molecule has 0 saturated carbocycles. The summed E-state index contributed by atoms with van der Waals surface area (Å²) in [4.78, 5) is 2.14. The van der Waals surface area contributed by atoms with E-state index < -0.39 is 0 Å². The molecule has 0 saturated heterocycles. The Bertz CT molecular complexity index is 253. The van der Waals surface area contributed by atoms with Crippen molar-refractivity contribution in [3.63, 3.8) is 0 Å². The second-order valence-electron chi connectivity index (χ2n) is 3.20. The molecule has 13 heavy (non-hydrogen) atoms. The van der Waals surface area contributed by atoms with Gasteiger partial charge in [0.05, 0.1) is 13.2 Å². The Balaban J connectivity index is 2.79. The third kappa shape index (κ3) is 2.38. The number of benzene rings is 1. The van der Waals surface area contributed by atoms with E-state index >= 15 is 0 Å². The molecule has 1 aromatic rings. The molecule has 1 rings (SSSR count). The Morgan fingerprint density at radius 2 is 1.69 bits per heavy atom. The summed E-state index contributed by atoms with van der Waals surface area (Å²) in [6, 6.07) is 9.30. The van der Waals surface area contributed by atoms with Gasteiger partial charge in [-0.2, -0.15) is 0 Å². The molecule has 71 valence electrons. The van der Waals surface area contributed by atoms with Crippen LogP contribution in [0.5, 0.6) is 5.75 Å². The Morgan fingerprint density at radius 3 is 2.08 bits per heavy atom. The number of hydrogen-bond donors (Lipinski definition) is 0. The average Bonchev–Trinajstić information content (AvgIpc) is 2.17. The first-order valence-corrected chi connectivity index (χ1v) is 4.33. The second kappa shape index (κ2) is 4.17. The van der Waals surface area contributed by atoms with Crippen LogP contribution in [0, 0.1) is 6.04 Å². The van der Waals surface area contributed by atoms with Crippen molar-refractivity contribution in [1.82, 2.24) is 0 Å². The Labute approximate surface area is 80.1 Å². The molecule has 0 aliphatic carbocycles. The van der Waals surface area contributed by atoms with Crippen molar-refractivity contribution < 1.29 is 4.74 Å². The van der Waals surface area contributed by atoms with Crippen molar-refractivity contribution in [3.8, 4) is 5.75 Å². The van der Waals surface area contributed by atoms with Crippen molar-refractivity contribution >= 4 is 5.69 Å². The van der Waals surface area contributed by atoms with Crippen molar-refractivity contribution in [1.29, 1.82) is 0 Å². The predicted molar refractivity (Wildman–Crippen MR) is 56.0 cm³/mol. The van der Waals surface area contributed by atoms with Gasteiger partial charge in [0.1, 0.15) is 5.75 Å². The third-order valence-electron chi connectivity index (χ3n) is 2.13. The number of methoxy groups -OCH3 is 1. The van der Waals surface area contributed by atoms with E-state index in [4.69, 9.17) is 4.74 Å². The minimum atomic E-state index is 0.894. The fourth-order valence-corrected chi connectivity index (χ4v) is 1.06. The van der Waals surface area contributed by atoms with E-state index in [0.717, 1.165) is 5.75 Å². The predicted octanol–water partition coefficient (Wildman–Crippen LogP) is 2.70. The molecule has 0 bridgehead atoms. The molecule has 0 aliphatic rings. The summed E-state index contributed by atoms with van der Waals surface area (Å²) in [6.45, 7) is 4.18. The smallest absolute Gasteiger partial charge is 0.119 e. The van der Waals surface area contributed by atoms with E-state index in [1.165, 1.54) is 11.7 Å². The fraction of sp³-hybridized carbons (Fsp3) is 0.364. The average molecular weight is 178 g/mol. The second-order valence-corrected chi connectivity index (χ2v) is 3.20. The first-order chi connectivity index (χ1) is 6.15. The maximum atomic E-state index is 5.08. The number of nitrogens with zero attached hydrogens (tertiary/aromatic N) is 1. The van der Waals surface area contributed by atoms with Gasteiger partial charge in [-0.05, 0) is 38.1 Å². The van der Waals surface area contributed by atoms with Crippen molar-refractivity contribution in [3.05, 3.63) is 30.3 Å². The largest absolute Gasteiger partial charge is 0.497 e. The van der Waals surface area contributed by atoms with E-state index in [9.17, 15) is 0 Å². The lowest BCUT2D eigenvalue weighted by atomic mass is 10.2. The number of hydrogen-bond acceptors (Lipinski definition) is 2. The molecule has 1 radical (unpaired) electrons. The SMILES string of the molecule is COc1ccc(N(C)[C](C)C)cc1. The summed E-state index contributed by atoms with van der Waals surface area (Å²) < 4.78 is 5.08. The summed E-state index contributed by atoms with van der Waals surface area (Å²) >= 11 is 0. The molecule has 0 spiro atoms. The van der Waals surface area contributed by atoms with Crippen LogP contribution in [0.1, 0.15) is 13.8 Å². The topological polar surface area (TPSA) is 12.5 Å². The zero-order chi connectivity index (χ0) is 9.84. The van der Waals surface area contributed by atoms with Crippen LogP contribution in [0.25, 0.3) is 0 Å². The van der Waals surface area contributed by atoms with Crippen molar-refractivity contribution in [2.75, 3.05) is 19.1 Å². The summed E-state index contributed by atoms with van der Waals surface area (Å²) in [6.07, 6.45) is 0. The van der Waals surface area contributed by atoms with Crippen molar-refractivity contribution in [2.45, 2.75) is 13.8 Å². The zero-order valence-corrected chi connectivity index (χ0v) is 8.66. The molecular formula is C11H16NO. The zero-order valence-electron chi connectivity index (χ0n) is 8.66. The molecule has 0 N–H and O–H groups in total. The molecule has 0 unspecified atom stereocenters. The monoisotopic (exact) mass is 178 g/mol. The molecule has 0 aliphatic heterocycles. The summed E-state index contributed by atoms with van der Waals surface area (Å²) in [5, 5.41) is 0. The van der Waals surface area contributed by atoms with E-state index in [2.05, 4.69) is 25.8 Å². The van der Waals surface area contributed by atoms with Crippen molar-refractivity contribution in [2.24, 2.45) is 0 Å². The van der Waals surface area contributed by atoms with Crippen LogP contribution in [-0.2, 0) is 0 Å². The summed E-state index contributed by atoms with van der Waals surface area (Å²) in [7, 11) is 3.73. The summed E-state index contributed by atoms with van der Waals surface area (Å²) in [5.74, 6) is 0.894. The van der Waals surface area contributed by atoms with E-state index in [1.54, 1.807) is 7.11 Å². The highest BCUT2D eigenvalue weighted by Gasteiger charge is 2.04. The normalized spacial score (nSPS) is 10.2. The van der Waals surface area contributed by atoms with Gasteiger partial charge in [0.15, 0.2) is 0 Å². The van der Waals surface area contributed by atoms with Crippen LogP contribution in [0.3, 0.4) is 0 Å². The highest BCUT2D eigenvalue weighted by atomic mass is 16.5. The first kappa shape index (κ1) is 9.90. The Kier molecular flexibility index (Phi) is 3.18. The van der Waals surface area contributed by atoms with Gasteiger partial charge < -0.3 is 9.64 Å². The minimum Gasteiger partial charge on any atom is -0.497 e. The quantitative estimate of drug-likeness (QED) is 0.705. The molecule has 2 heteroatoms. The van der Waals surface area contributed by atoms with E-state index in [-0.39, 0.29) is 0 Å². The molecule has 1 aromatic carbocycles. The first-order valence-electron chi connectivity index (χ1n) is 4.33. The van der Waals surface area contributed by atoms with Gasteiger partial charge in [0.2, 0.25) is 0 Å². The highest BCUT2D eigenvalue weighted by Crippen LogP contribution is 2.21. The highest BCUT2D eigenvalue weighted by molar-refractivity contribution is 5.50. The molecular weight excluding hydrogens is 162 g/mol. The number of rotatable bonds is 3. The van der Waals surface area contributed by atoms with Crippen LogP contribution < -0.4 is 9.64 Å². The van der Waals surface area contributed by atoms with Crippen LogP contribution in [-0.4, -0.2) is 14.2 Å². The maximum absolute atomic E-state index is 5.08. The van der Waals surface area contributed by atoms with Gasteiger partial charge in [-0.1, -0.05) is 0 Å². The van der Waals surface area contributed by atoms with Gasteiger partial charge in [-0.25, -0.2) is 0 Å². The van der Waals surface area contributed by atoms with Gasteiger partial charge >= 0.3 is 0 Å². The molecule has 0 amide bonds. The Hall–Kier alpha value is -1.18. The van der Waals surface area contributed by atoms with Crippen LogP contribution >= 0.6 is 0 Å². The standard InChI is InChI=1S/C11H16NO/c1-9(2)12(3)10-5-7-11(13-4)8-6-10/h5-8H,1-4H3. The lowest BCUT2D eigenvalue weighted by molar-refractivity contribution is 0.415. The maximum Gasteiger partial charge on any atom is 0.119 e. The van der Waals surface area contributed by atoms with Gasteiger partial charge in [-0.15, -0.1) is 0 Å². The molecule has 0 fully saturated rings. The number of ether oxygens (including phenoxy) is 1. The van der Waals surface area contributed by atoms with Crippen LogP contribution in [0.4, 0.5) is 5.69 Å². The molecule has 0 aromatic heterocycles. The minimum absolute atomic E-state index is 0.894. The molecule has 0 atom stereocenters. The van der Waals surface area contributed by atoms with E-state index in [1.807, 2.05) is 24.3 Å². The Morgan fingerprint density at radius 1 is 1.15 bits per heavy atom. The van der Waals surface area contributed by atoms with Gasteiger partial charge in [0, 0.05) is 12.7 Å². The fourth-order valence-electron chi connectivity index (χ4n) is 1.06. The lowest BCUT2D eigenvalue weighted by Crippen LogP contribution is -2.18. The number of anilines is 1. The van der Waals surface area contributed by atoms with Crippen LogP contribution in [0.15, 0.2) is 24.3 Å². The third-order valence-corrected chi connectivity index (χ3v) is 2.13. The van der Waals surface area contributed by atoms with Gasteiger partial charge in [-0.3, -0.25) is 0 Å². The van der Waals surface area contributed by atoms with E-state index in [0.29, 0.717) is 0 Å². The molecule has 0 heterocycles. The lowest BCUT2D eigenvalue weighted by Gasteiger charge is -2.22. The summed E-state index contributed by atoms with van der Waals surface area (Å²) in [5.41, 5.74) is 1.18. The molecule has 2 nitrogen and oxygen atoms in total. The van der Waals surface area contributed by atoms with Gasteiger partial charge in [0.25, 0.3) is 0 Å².